The molecule has 0 radical (unpaired) electrons. The highest BCUT2D eigenvalue weighted by Gasteiger charge is 2.31. The summed E-state index contributed by atoms with van der Waals surface area (Å²) in [6.45, 7) is 0.594. The maximum Gasteiger partial charge on any atom is 0.315 e. The fourth-order valence-electron chi connectivity index (χ4n) is 2.69. The van der Waals surface area contributed by atoms with Gasteiger partial charge in [-0.2, -0.15) is 0 Å². The molecule has 4 nitrogen and oxygen atoms in total. The highest BCUT2D eigenvalue weighted by atomic mass is 32.1. The van der Waals surface area contributed by atoms with Crippen LogP contribution in [-0.4, -0.2) is 23.8 Å². The van der Waals surface area contributed by atoms with Crippen LogP contribution in [0.3, 0.4) is 0 Å². The molecule has 1 aliphatic rings. The second-order valence-corrected chi connectivity index (χ2v) is 6.21. The summed E-state index contributed by atoms with van der Waals surface area (Å²) in [6.07, 6.45) is 0.871. The van der Waals surface area contributed by atoms with Crippen LogP contribution in [0.15, 0.2) is 41.8 Å². The largest absolute Gasteiger partial charge is 0.390 e. The Bertz CT molecular complexity index is 612. The number of rotatable bonds is 4. The number of aliphatic hydroxyl groups is 1. The molecule has 2 unspecified atom stereocenters. The van der Waals surface area contributed by atoms with Gasteiger partial charge in [0.25, 0.3) is 0 Å². The predicted molar refractivity (Wildman–Crippen MR) is 83.5 cm³/mol. The zero-order chi connectivity index (χ0) is 14.7. The molecule has 2 atom stereocenters. The van der Waals surface area contributed by atoms with Crippen molar-refractivity contribution in [3.63, 3.8) is 0 Å². The minimum absolute atomic E-state index is 0.229. The number of carbonyl (C=O) groups is 1. The molecule has 3 rings (SSSR count). The third-order valence-corrected chi connectivity index (χ3v) is 4.66. The number of aliphatic hydroxyl groups excluding tert-OH is 1. The lowest BCUT2D eigenvalue weighted by molar-refractivity contribution is 0.142. The number of urea groups is 1. The number of thiophene rings is 1. The Hall–Kier alpha value is -1.85. The van der Waals surface area contributed by atoms with Crippen molar-refractivity contribution in [2.75, 3.05) is 6.54 Å². The number of nitrogens with one attached hydrogen (secondary N) is 2. The van der Waals surface area contributed by atoms with Crippen LogP contribution in [0.4, 0.5) is 4.79 Å². The quantitative estimate of drug-likeness (QED) is 0.811. The van der Waals surface area contributed by atoms with E-state index in [0.29, 0.717) is 13.0 Å². The highest BCUT2D eigenvalue weighted by molar-refractivity contribution is 7.09. The van der Waals surface area contributed by atoms with Crippen LogP contribution in [-0.2, 0) is 12.8 Å². The molecule has 1 heterocycles. The van der Waals surface area contributed by atoms with Crippen molar-refractivity contribution >= 4 is 17.4 Å². The molecule has 5 heteroatoms. The Balaban J connectivity index is 1.53. The molecule has 0 saturated carbocycles. The lowest BCUT2D eigenvalue weighted by Crippen LogP contribution is -2.41. The molecule has 0 fully saturated rings. The van der Waals surface area contributed by atoms with E-state index in [1.54, 1.807) is 11.3 Å². The summed E-state index contributed by atoms with van der Waals surface area (Å²) in [5.41, 5.74) is 2.12. The van der Waals surface area contributed by atoms with Gasteiger partial charge in [-0.1, -0.05) is 30.3 Å². The molecule has 3 N–H and O–H groups in total. The van der Waals surface area contributed by atoms with Crippen LogP contribution in [0, 0.1) is 0 Å². The van der Waals surface area contributed by atoms with E-state index >= 15 is 0 Å². The topological polar surface area (TPSA) is 61.4 Å². The summed E-state index contributed by atoms with van der Waals surface area (Å²) < 4.78 is 0. The fraction of sp³-hybridized carbons (Fsp3) is 0.312. The molecular weight excluding hydrogens is 284 g/mol. The van der Waals surface area contributed by atoms with E-state index < -0.39 is 6.10 Å². The van der Waals surface area contributed by atoms with Gasteiger partial charge in [-0.05, 0) is 29.0 Å². The summed E-state index contributed by atoms with van der Waals surface area (Å²) in [5, 5.41) is 17.8. The van der Waals surface area contributed by atoms with Gasteiger partial charge in [0.1, 0.15) is 0 Å². The number of benzene rings is 1. The van der Waals surface area contributed by atoms with Crippen molar-refractivity contribution in [3.05, 3.63) is 57.8 Å². The van der Waals surface area contributed by atoms with Gasteiger partial charge in [-0.25, -0.2) is 4.79 Å². The first kappa shape index (κ1) is 14.1. The molecular formula is C16H18N2O2S. The first-order valence-electron chi connectivity index (χ1n) is 7.06. The van der Waals surface area contributed by atoms with E-state index in [0.717, 1.165) is 17.5 Å². The second kappa shape index (κ2) is 6.28. The molecule has 2 amide bonds. The number of hydrogen-bond acceptors (Lipinski definition) is 3. The lowest BCUT2D eigenvalue weighted by atomic mass is 10.1. The van der Waals surface area contributed by atoms with Gasteiger partial charge in [-0.15, -0.1) is 11.3 Å². The minimum Gasteiger partial charge on any atom is -0.390 e. The van der Waals surface area contributed by atoms with Crippen LogP contribution in [0.1, 0.15) is 22.0 Å². The van der Waals surface area contributed by atoms with Gasteiger partial charge in [0.15, 0.2) is 0 Å². The van der Waals surface area contributed by atoms with Gasteiger partial charge in [0, 0.05) is 17.8 Å². The Morgan fingerprint density at radius 3 is 2.95 bits per heavy atom. The smallest absolute Gasteiger partial charge is 0.315 e. The van der Waals surface area contributed by atoms with E-state index in [-0.39, 0.29) is 12.1 Å². The van der Waals surface area contributed by atoms with Gasteiger partial charge in [-0.3, -0.25) is 0 Å². The lowest BCUT2D eigenvalue weighted by Gasteiger charge is -2.18. The van der Waals surface area contributed by atoms with E-state index in [2.05, 4.69) is 16.7 Å². The van der Waals surface area contributed by atoms with Gasteiger partial charge >= 0.3 is 6.03 Å². The molecule has 0 bridgehead atoms. The molecule has 21 heavy (non-hydrogen) atoms. The Kier molecular flexibility index (Phi) is 4.22. The van der Waals surface area contributed by atoms with Crippen molar-refractivity contribution in [2.24, 2.45) is 0 Å². The minimum atomic E-state index is -0.551. The number of carbonyl (C=O) groups excluding carboxylic acids is 1. The van der Waals surface area contributed by atoms with Crippen molar-refractivity contribution in [2.45, 2.75) is 25.0 Å². The average Bonchev–Trinajstić information content (AvgIpc) is 3.08. The molecule has 110 valence electrons. The van der Waals surface area contributed by atoms with Gasteiger partial charge in [0.2, 0.25) is 0 Å². The van der Waals surface area contributed by atoms with E-state index in [4.69, 9.17) is 0 Å². The van der Waals surface area contributed by atoms with Crippen LogP contribution < -0.4 is 10.6 Å². The highest BCUT2D eigenvalue weighted by Crippen LogP contribution is 2.30. The number of fused-ring (bicyclic) bond motifs is 1. The predicted octanol–water partition coefficient (Wildman–Crippen LogP) is 2.25. The van der Waals surface area contributed by atoms with E-state index in [1.165, 1.54) is 4.88 Å². The third-order valence-electron chi connectivity index (χ3n) is 3.73. The molecule has 0 aliphatic heterocycles. The van der Waals surface area contributed by atoms with E-state index in [9.17, 15) is 9.90 Å². The average molecular weight is 302 g/mol. The normalized spacial score (nSPS) is 20.0. The first-order valence-corrected chi connectivity index (χ1v) is 7.94. The molecule has 2 aromatic rings. The van der Waals surface area contributed by atoms with E-state index in [1.807, 2.05) is 35.7 Å². The Morgan fingerprint density at radius 1 is 1.29 bits per heavy atom. The van der Waals surface area contributed by atoms with Crippen LogP contribution >= 0.6 is 11.3 Å². The summed E-state index contributed by atoms with van der Waals surface area (Å²) in [5.74, 6) is 0. The maximum atomic E-state index is 12.0. The van der Waals surface area contributed by atoms with Crippen molar-refractivity contribution in [1.29, 1.82) is 0 Å². The molecule has 1 aliphatic carbocycles. The molecule has 1 aromatic heterocycles. The summed E-state index contributed by atoms with van der Waals surface area (Å²) in [7, 11) is 0. The summed E-state index contributed by atoms with van der Waals surface area (Å²) in [6, 6.07) is 11.4. The summed E-state index contributed by atoms with van der Waals surface area (Å²) in [4.78, 5) is 13.2. The van der Waals surface area contributed by atoms with Crippen molar-refractivity contribution < 1.29 is 9.90 Å². The Labute approximate surface area is 127 Å². The van der Waals surface area contributed by atoms with Gasteiger partial charge < -0.3 is 15.7 Å². The zero-order valence-electron chi connectivity index (χ0n) is 11.6. The summed E-state index contributed by atoms with van der Waals surface area (Å²) >= 11 is 1.69. The Morgan fingerprint density at radius 2 is 2.14 bits per heavy atom. The van der Waals surface area contributed by atoms with Crippen molar-refractivity contribution in [1.82, 2.24) is 10.6 Å². The SMILES string of the molecule is O=C(NCCc1cccs1)NC1c2ccccc2CC1O. The van der Waals surface area contributed by atoms with Crippen LogP contribution in [0.25, 0.3) is 0 Å². The standard InChI is InChI=1S/C16H18N2O2S/c19-14-10-11-4-1-2-6-13(11)15(14)18-16(20)17-8-7-12-5-3-9-21-12/h1-6,9,14-15,19H,7-8,10H2,(H2,17,18,20). The molecule has 0 spiro atoms. The van der Waals surface area contributed by atoms with Gasteiger partial charge in [0.05, 0.1) is 12.1 Å². The van der Waals surface area contributed by atoms with Crippen LogP contribution in [0.5, 0.6) is 0 Å². The second-order valence-electron chi connectivity index (χ2n) is 5.18. The monoisotopic (exact) mass is 302 g/mol. The first-order chi connectivity index (χ1) is 10.2. The third kappa shape index (κ3) is 3.25. The molecule has 1 aromatic carbocycles. The maximum absolute atomic E-state index is 12.0. The van der Waals surface area contributed by atoms with Crippen LogP contribution in [0.2, 0.25) is 0 Å². The number of hydrogen-bond donors (Lipinski definition) is 3. The zero-order valence-corrected chi connectivity index (χ0v) is 12.4. The fourth-order valence-corrected chi connectivity index (χ4v) is 3.40. The van der Waals surface area contributed by atoms with Crippen molar-refractivity contribution in [3.8, 4) is 0 Å². The molecule has 0 saturated heterocycles. The number of amides is 2.